The largest absolute Gasteiger partial charge is 0.497 e. The Bertz CT molecular complexity index is 1040. The Labute approximate surface area is 179 Å². The van der Waals surface area contributed by atoms with Gasteiger partial charge in [-0.15, -0.1) is 0 Å². The van der Waals surface area contributed by atoms with Crippen LogP contribution >= 0.6 is 0 Å². The van der Waals surface area contributed by atoms with Crippen molar-refractivity contribution in [2.45, 2.75) is 44.3 Å². The number of methoxy groups -OCH3 is 1. The molecular weight excluding hydrogens is 398 g/mol. The van der Waals surface area contributed by atoms with E-state index in [2.05, 4.69) is 20.3 Å². The summed E-state index contributed by atoms with van der Waals surface area (Å²) in [7, 11) is 1.63. The molecule has 9 heteroatoms. The van der Waals surface area contributed by atoms with Gasteiger partial charge in [0.15, 0.2) is 5.82 Å². The number of carbonyl (C=O) groups excluding carboxylic acids is 1. The third-order valence-electron chi connectivity index (χ3n) is 5.73. The number of hydrogen-bond acceptors (Lipinski definition) is 7. The summed E-state index contributed by atoms with van der Waals surface area (Å²) in [5, 5.41) is 11.2. The van der Waals surface area contributed by atoms with Crippen LogP contribution in [0.4, 0.5) is 0 Å². The Morgan fingerprint density at radius 3 is 2.87 bits per heavy atom. The predicted octanol–water partition coefficient (Wildman–Crippen LogP) is 3.17. The summed E-state index contributed by atoms with van der Waals surface area (Å²) in [4.78, 5) is 19.2. The first-order valence-corrected chi connectivity index (χ1v) is 10.6. The molecular formula is C22H25N5O4. The molecule has 1 saturated carbocycles. The zero-order valence-electron chi connectivity index (χ0n) is 17.4. The third kappa shape index (κ3) is 4.46. The second-order valence-corrected chi connectivity index (χ2v) is 8.04. The van der Waals surface area contributed by atoms with E-state index in [1.807, 2.05) is 29.2 Å². The van der Waals surface area contributed by atoms with E-state index in [0.717, 1.165) is 48.5 Å². The fourth-order valence-electron chi connectivity index (χ4n) is 3.79. The molecule has 1 aliphatic heterocycles. The first-order valence-electron chi connectivity index (χ1n) is 10.6. The second-order valence-electron chi connectivity index (χ2n) is 8.04. The first-order chi connectivity index (χ1) is 15.2. The zero-order valence-corrected chi connectivity index (χ0v) is 17.4. The standard InChI is InChI=1S/C22H25N5O4/c1-29-16-8-6-14(7-9-16)18-11-19(25-24-18)22(28)27-10-2-3-17(12-27)30-13-20-23-21(26-31-20)15-4-5-15/h6-9,11,15,17H,2-5,10,12-13H2,1H3,(H,24,25). The van der Waals surface area contributed by atoms with E-state index in [1.165, 1.54) is 0 Å². The Morgan fingerprint density at radius 2 is 2.10 bits per heavy atom. The van der Waals surface area contributed by atoms with Gasteiger partial charge in [0.25, 0.3) is 11.8 Å². The summed E-state index contributed by atoms with van der Waals surface area (Å²) in [6.07, 6.45) is 3.99. The van der Waals surface area contributed by atoms with Crippen LogP contribution in [-0.2, 0) is 11.3 Å². The molecule has 3 heterocycles. The molecule has 3 aromatic rings. The number of nitrogens with one attached hydrogen (secondary N) is 1. The zero-order chi connectivity index (χ0) is 21.2. The molecule has 9 nitrogen and oxygen atoms in total. The van der Waals surface area contributed by atoms with Crippen LogP contribution in [0.1, 0.15) is 53.8 Å². The summed E-state index contributed by atoms with van der Waals surface area (Å²) in [6.45, 7) is 1.50. The van der Waals surface area contributed by atoms with Crippen molar-refractivity contribution in [3.05, 3.63) is 47.7 Å². The average molecular weight is 423 g/mol. The highest BCUT2D eigenvalue weighted by Gasteiger charge is 2.30. The Hall–Kier alpha value is -3.20. The van der Waals surface area contributed by atoms with E-state index >= 15 is 0 Å². The first kappa shape index (κ1) is 19.7. The van der Waals surface area contributed by atoms with Crippen LogP contribution in [0.5, 0.6) is 5.75 Å². The highest BCUT2D eigenvalue weighted by Crippen LogP contribution is 2.38. The number of aromatic amines is 1. The van der Waals surface area contributed by atoms with Gasteiger partial charge >= 0.3 is 0 Å². The van der Waals surface area contributed by atoms with Crippen molar-refractivity contribution < 1.29 is 18.8 Å². The number of ether oxygens (including phenoxy) is 2. The van der Waals surface area contributed by atoms with E-state index in [1.54, 1.807) is 13.2 Å². The van der Waals surface area contributed by atoms with Crippen LogP contribution in [0.2, 0.25) is 0 Å². The van der Waals surface area contributed by atoms with Crippen molar-refractivity contribution in [1.82, 2.24) is 25.2 Å². The molecule has 162 valence electrons. The predicted molar refractivity (Wildman–Crippen MR) is 111 cm³/mol. The molecule has 1 N–H and O–H groups in total. The molecule has 1 amide bonds. The van der Waals surface area contributed by atoms with Gasteiger partial charge in [0.1, 0.15) is 18.1 Å². The van der Waals surface area contributed by atoms with Gasteiger partial charge in [-0.3, -0.25) is 9.89 Å². The molecule has 2 aromatic heterocycles. The van der Waals surface area contributed by atoms with Crippen molar-refractivity contribution >= 4 is 5.91 Å². The Kier molecular flexibility index (Phi) is 5.42. The van der Waals surface area contributed by atoms with Gasteiger partial charge < -0.3 is 18.9 Å². The minimum absolute atomic E-state index is 0.0574. The summed E-state index contributed by atoms with van der Waals surface area (Å²) < 4.78 is 16.4. The third-order valence-corrected chi connectivity index (χ3v) is 5.73. The van der Waals surface area contributed by atoms with Crippen LogP contribution < -0.4 is 4.74 Å². The topological polar surface area (TPSA) is 106 Å². The smallest absolute Gasteiger partial charge is 0.271 e. The maximum absolute atomic E-state index is 13.0. The lowest BCUT2D eigenvalue weighted by molar-refractivity contribution is -0.0155. The fourth-order valence-corrected chi connectivity index (χ4v) is 3.79. The van der Waals surface area contributed by atoms with Crippen molar-refractivity contribution in [2.24, 2.45) is 0 Å². The minimum atomic E-state index is -0.0747. The van der Waals surface area contributed by atoms with Gasteiger partial charge in [-0.25, -0.2) is 0 Å². The number of amides is 1. The van der Waals surface area contributed by atoms with Crippen LogP contribution in [-0.4, -0.2) is 57.4 Å². The summed E-state index contributed by atoms with van der Waals surface area (Å²) in [5.41, 5.74) is 2.11. The number of carbonyl (C=O) groups is 1. The molecule has 2 aliphatic rings. The average Bonchev–Trinajstić information content (AvgIpc) is 3.35. The highest BCUT2D eigenvalue weighted by molar-refractivity contribution is 5.93. The van der Waals surface area contributed by atoms with Crippen molar-refractivity contribution in [3.8, 4) is 17.0 Å². The van der Waals surface area contributed by atoms with Crippen LogP contribution in [0, 0.1) is 0 Å². The SMILES string of the molecule is COc1ccc(-c2cc(C(=O)N3CCCC(OCc4nc(C5CC5)no4)C3)[nH]n2)cc1. The molecule has 5 rings (SSSR count). The van der Waals surface area contributed by atoms with Gasteiger partial charge in [-0.2, -0.15) is 10.1 Å². The Balaban J connectivity index is 1.18. The number of piperidine rings is 1. The minimum Gasteiger partial charge on any atom is -0.497 e. The normalized spacial score (nSPS) is 18.9. The summed E-state index contributed by atoms with van der Waals surface area (Å²) >= 11 is 0. The number of likely N-dealkylation sites (tertiary alicyclic amines) is 1. The number of hydrogen-bond donors (Lipinski definition) is 1. The molecule has 1 aromatic carbocycles. The van der Waals surface area contributed by atoms with Crippen LogP contribution in [0.3, 0.4) is 0 Å². The van der Waals surface area contributed by atoms with E-state index in [9.17, 15) is 4.79 Å². The van der Waals surface area contributed by atoms with Gasteiger partial charge in [0.2, 0.25) is 0 Å². The molecule has 1 unspecified atom stereocenters. The molecule has 0 bridgehead atoms. The molecule has 1 aliphatic carbocycles. The van der Waals surface area contributed by atoms with Crippen LogP contribution in [0.25, 0.3) is 11.3 Å². The summed E-state index contributed by atoms with van der Waals surface area (Å²) in [5.74, 6) is 2.44. The van der Waals surface area contributed by atoms with Gasteiger partial charge in [0, 0.05) is 24.6 Å². The summed E-state index contributed by atoms with van der Waals surface area (Å²) in [6, 6.07) is 9.36. The van der Waals surface area contributed by atoms with E-state index < -0.39 is 0 Å². The fraction of sp³-hybridized carbons (Fsp3) is 0.455. The van der Waals surface area contributed by atoms with E-state index in [4.69, 9.17) is 14.0 Å². The maximum atomic E-state index is 13.0. The Morgan fingerprint density at radius 1 is 1.26 bits per heavy atom. The molecule has 2 fully saturated rings. The lowest BCUT2D eigenvalue weighted by Gasteiger charge is -2.32. The van der Waals surface area contributed by atoms with Gasteiger partial charge in [-0.05, 0) is 56.0 Å². The van der Waals surface area contributed by atoms with Crippen molar-refractivity contribution in [1.29, 1.82) is 0 Å². The highest BCUT2D eigenvalue weighted by atomic mass is 16.5. The molecule has 0 spiro atoms. The molecule has 1 atom stereocenters. The lowest BCUT2D eigenvalue weighted by Crippen LogP contribution is -2.43. The van der Waals surface area contributed by atoms with Crippen molar-refractivity contribution in [2.75, 3.05) is 20.2 Å². The number of aromatic nitrogens is 4. The van der Waals surface area contributed by atoms with Crippen LogP contribution in [0.15, 0.2) is 34.9 Å². The molecule has 31 heavy (non-hydrogen) atoms. The number of H-pyrrole nitrogens is 1. The van der Waals surface area contributed by atoms with Crippen molar-refractivity contribution in [3.63, 3.8) is 0 Å². The maximum Gasteiger partial charge on any atom is 0.271 e. The van der Waals surface area contributed by atoms with Gasteiger partial charge in [-0.1, -0.05) is 5.16 Å². The quantitative estimate of drug-likeness (QED) is 0.622. The monoisotopic (exact) mass is 423 g/mol. The number of benzene rings is 1. The van der Waals surface area contributed by atoms with E-state index in [-0.39, 0.29) is 18.6 Å². The number of rotatable bonds is 7. The van der Waals surface area contributed by atoms with E-state index in [0.29, 0.717) is 30.6 Å². The van der Waals surface area contributed by atoms with Gasteiger partial charge in [0.05, 0.1) is 18.9 Å². The number of nitrogens with zero attached hydrogens (tertiary/aromatic N) is 4. The molecule has 1 saturated heterocycles. The lowest BCUT2D eigenvalue weighted by atomic mass is 10.1. The second kappa shape index (κ2) is 8.50. The molecule has 0 radical (unpaired) electrons.